The van der Waals surface area contributed by atoms with E-state index in [1.165, 1.54) is 0 Å². The van der Waals surface area contributed by atoms with Gasteiger partial charge < -0.3 is 66.3 Å². The van der Waals surface area contributed by atoms with E-state index in [2.05, 4.69) is 118 Å². The molecule has 11 aliphatic carbocycles. The predicted octanol–water partition coefficient (Wildman–Crippen LogP) is 8.75. The van der Waals surface area contributed by atoms with E-state index in [0.29, 0.717) is 49.4 Å². The van der Waals surface area contributed by atoms with Crippen molar-refractivity contribution in [2.75, 3.05) is 37.3 Å². The Hall–Kier alpha value is -4.06. The molecule has 7 aliphatic heterocycles. The largest absolute Gasteiger partial charge is 0.458 e. The van der Waals surface area contributed by atoms with E-state index < -0.39 is 16.8 Å². The lowest BCUT2D eigenvalue weighted by molar-refractivity contribution is -0.176. The van der Waals surface area contributed by atoms with Gasteiger partial charge in [-0.1, -0.05) is 125 Å². The van der Waals surface area contributed by atoms with E-state index in [9.17, 15) is 67.1 Å². The molecule has 0 amide bonds. The molecule has 18 rings (SSSR count). The van der Waals surface area contributed by atoms with Crippen molar-refractivity contribution in [1.82, 2.24) is 0 Å². The summed E-state index contributed by atoms with van der Waals surface area (Å²) in [6.07, 6.45) is 10.3. The summed E-state index contributed by atoms with van der Waals surface area (Å²) in [6, 6.07) is 0. The molecule has 0 aromatic carbocycles. The fourth-order valence-electron chi connectivity index (χ4n) is 21.4. The van der Waals surface area contributed by atoms with Crippen LogP contribution in [0, 0.1) is 93.7 Å². The number of halogens is 7. The third-order valence-corrected chi connectivity index (χ3v) is 29.2. The summed E-state index contributed by atoms with van der Waals surface area (Å²) >= 11 is 21.4. The van der Waals surface area contributed by atoms with Crippen LogP contribution in [0.15, 0.2) is 0 Å². The second kappa shape index (κ2) is 33.0. The zero-order chi connectivity index (χ0) is 78.2. The van der Waals surface area contributed by atoms with Gasteiger partial charge in [0.25, 0.3) is 0 Å². The van der Waals surface area contributed by atoms with Crippen LogP contribution in [0.4, 0.5) is 0 Å². The number of hydrogen-bond acceptors (Lipinski definition) is 28. The zero-order valence-corrected chi connectivity index (χ0v) is 71.4. The molecule has 598 valence electrons. The monoisotopic (exact) mass is 1970 g/mol. The molecule has 11 saturated carbocycles. The van der Waals surface area contributed by atoms with Crippen LogP contribution in [0.25, 0.3) is 0 Å². The summed E-state index contributed by atoms with van der Waals surface area (Å²) < 4.78 is 74.5. The van der Waals surface area contributed by atoms with Gasteiger partial charge in [-0.2, -0.15) is 0 Å². The van der Waals surface area contributed by atoms with Crippen molar-refractivity contribution in [1.29, 1.82) is 0 Å². The average molecular weight is 1970 g/mol. The molecule has 18 aliphatic rings. The van der Waals surface area contributed by atoms with E-state index >= 15 is 0 Å². The molecule has 30 unspecified atom stereocenters. The van der Waals surface area contributed by atoms with Crippen LogP contribution < -0.4 is 0 Å². The Bertz CT molecular complexity index is 3540. The molecular weight excluding hydrogens is 1880 g/mol. The molecule has 18 fully saturated rings. The maximum absolute atomic E-state index is 11.7. The van der Waals surface area contributed by atoms with Gasteiger partial charge in [-0.15, -0.1) is 0 Å². The van der Waals surface area contributed by atoms with Crippen molar-refractivity contribution in [3.05, 3.63) is 0 Å². The van der Waals surface area contributed by atoms with Crippen molar-refractivity contribution in [3.8, 4) is 0 Å². The minimum Gasteiger partial charge on any atom is -0.458 e. The standard InChI is InChI=1S/3C11H13BrO4.C11H15BrO4.C10H11BrO4.C10H13BrO4.C9H11BrO4/c1-11-2-5-6(3-11)10(14)16-8(5)9(11)15-7(13)4-12;1-11-3-5-2-6(11)9(16-10(11)14)8(5)15-7(13)4-12;1-11-7-3-5(2-6(7)10(14)16-11)9(11)15-8(13)4-12;1-6-3-7-4-11(2,16-10(7)14)9(6)15-8(13)5-12;11-3-7(12)14-8-4-1-5-6(2-4)10(13)15-9(5)8;1-10-4-6(9(13)15-10)2-3-7(10)14-8(12)5-11;10-4-8(11)13-6-2-1-5-3-7(6)14-9(5)12/h2*5-6,8-9H,2-4H2,1H3;5-7,9H,2-4H2,1H3;6-7,9H,3-5H2,1-2H3;4-6,8-9H,1-3H2;6-7H,2-5H2,1H3;5-7H,1-4H2. The van der Waals surface area contributed by atoms with E-state index in [1.807, 2.05) is 34.6 Å². The molecule has 28 nitrogen and oxygen atoms in total. The van der Waals surface area contributed by atoms with Gasteiger partial charge in [-0.05, 0) is 117 Å². The van der Waals surface area contributed by atoms with Gasteiger partial charge in [0.1, 0.15) is 121 Å². The van der Waals surface area contributed by atoms with Gasteiger partial charge in [0.15, 0.2) is 0 Å². The SMILES string of the molecule is CC12CC(CCC1OC(=O)CBr)C(=O)O2.CC12CC3C(=O)OC(C3C1)C2OC(=O)CBr.CC12CC3CC1C(OC2=O)C3OC(=O)CBr.CC12OC(=O)C3CC(CC31)C2OC(=O)CBr.CC1CC2CC(C)(OC2=O)C1OC(=O)CBr.O=C(CBr)OC1C2CC3C(=O)OC1C3C2.O=C(CBr)OC1CCC2CC1OC2=O. The third kappa shape index (κ3) is 16.1. The smallest absolute Gasteiger partial charge is 0.316 e. The van der Waals surface area contributed by atoms with E-state index in [-0.39, 0.29) is 258 Å². The molecule has 0 spiro atoms. The molecule has 108 heavy (non-hydrogen) atoms. The van der Waals surface area contributed by atoms with Gasteiger partial charge in [-0.25, -0.2) is 0 Å². The van der Waals surface area contributed by atoms with E-state index in [1.54, 1.807) is 0 Å². The Labute approximate surface area is 682 Å². The fraction of sp³-hybridized carbons (Fsp3) is 0.808. The molecule has 0 aromatic heterocycles. The summed E-state index contributed by atoms with van der Waals surface area (Å²) in [5, 5.41) is 1.31. The maximum atomic E-state index is 11.7. The first-order valence-corrected chi connectivity index (χ1v) is 44.7. The molecule has 35 heteroatoms. The molecule has 14 bridgehead atoms. The van der Waals surface area contributed by atoms with E-state index in [0.717, 1.165) is 77.0 Å². The molecule has 0 N–H and O–H groups in total. The zero-order valence-electron chi connectivity index (χ0n) is 60.3. The van der Waals surface area contributed by atoms with Gasteiger partial charge in [0.05, 0.1) is 40.9 Å². The number of hydrogen-bond donors (Lipinski definition) is 0. The van der Waals surface area contributed by atoms with Crippen LogP contribution in [0.1, 0.15) is 144 Å². The lowest BCUT2D eigenvalue weighted by Gasteiger charge is -2.38. The van der Waals surface area contributed by atoms with E-state index in [4.69, 9.17) is 66.3 Å². The van der Waals surface area contributed by atoms with Crippen LogP contribution >= 0.6 is 112 Å². The topological polar surface area (TPSA) is 368 Å². The molecule has 7 heterocycles. The Morgan fingerprint density at radius 3 is 1.56 bits per heavy atom. The van der Waals surface area contributed by atoms with Crippen molar-refractivity contribution >= 4 is 195 Å². The van der Waals surface area contributed by atoms with Gasteiger partial charge >= 0.3 is 83.6 Å². The van der Waals surface area contributed by atoms with Crippen LogP contribution in [-0.4, -0.2) is 205 Å². The van der Waals surface area contributed by atoms with Crippen LogP contribution in [-0.2, 0) is 133 Å². The molecule has 0 aromatic rings. The first-order valence-electron chi connectivity index (χ1n) is 36.9. The van der Waals surface area contributed by atoms with Crippen molar-refractivity contribution in [2.24, 2.45) is 93.7 Å². The maximum Gasteiger partial charge on any atom is 0.316 e. The number of rotatable bonds is 14. The second-order valence-electron chi connectivity index (χ2n) is 32.9. The molecular formula is C73H89Br7O28. The summed E-state index contributed by atoms with van der Waals surface area (Å²) in [4.78, 5) is 159. The second-order valence-corrected chi connectivity index (χ2v) is 36.8. The highest BCUT2D eigenvalue weighted by Gasteiger charge is 2.72. The number of ether oxygens (including phenoxy) is 14. The first kappa shape index (κ1) is 83.4. The lowest BCUT2D eigenvalue weighted by atomic mass is 9.74. The van der Waals surface area contributed by atoms with Crippen molar-refractivity contribution in [3.63, 3.8) is 0 Å². The minimum atomic E-state index is -0.628. The number of carbonyl (C=O) groups excluding carboxylic acids is 14. The highest BCUT2D eigenvalue weighted by Crippen LogP contribution is 2.65. The van der Waals surface area contributed by atoms with Crippen LogP contribution in [0.5, 0.6) is 0 Å². The van der Waals surface area contributed by atoms with Crippen LogP contribution in [0.3, 0.4) is 0 Å². The molecule has 0 radical (unpaired) electrons. The minimum absolute atomic E-state index is 0.00826. The summed E-state index contributed by atoms with van der Waals surface area (Å²) in [7, 11) is 0. The first-order chi connectivity index (χ1) is 51.1. The van der Waals surface area contributed by atoms with Crippen LogP contribution in [0.2, 0.25) is 0 Å². The average Bonchev–Trinajstić information content (AvgIpc) is 1.56. The Morgan fingerprint density at radius 1 is 0.389 bits per heavy atom. The predicted molar refractivity (Wildman–Crippen MR) is 393 cm³/mol. The van der Waals surface area contributed by atoms with Gasteiger partial charge in [0, 0.05) is 66.1 Å². The Balaban J connectivity index is 0.000000118. The molecule has 7 saturated heterocycles. The quantitative estimate of drug-likeness (QED) is 0.0890. The summed E-state index contributed by atoms with van der Waals surface area (Å²) in [5.74, 6) is -0.457. The van der Waals surface area contributed by atoms with Crippen molar-refractivity contribution < 1.29 is 133 Å². The fourth-order valence-corrected chi connectivity index (χ4v) is 22.4. The highest BCUT2D eigenvalue weighted by molar-refractivity contribution is 9.10. The summed E-state index contributed by atoms with van der Waals surface area (Å²) in [6.45, 7) is 11.7. The lowest BCUT2D eigenvalue weighted by Crippen LogP contribution is -2.48. The molecule has 30 atom stereocenters. The Kier molecular flexibility index (Phi) is 25.5. The van der Waals surface area contributed by atoms with Gasteiger partial charge in [0.2, 0.25) is 0 Å². The number of carbonyl (C=O) groups is 14. The van der Waals surface area contributed by atoms with Crippen molar-refractivity contribution in [2.45, 2.75) is 228 Å². The summed E-state index contributed by atoms with van der Waals surface area (Å²) in [5.41, 5.74) is -2.17. The third-order valence-electron chi connectivity index (χ3n) is 26.0. The number of esters is 14. The number of fused-ring (bicyclic) bond motifs is 10. The van der Waals surface area contributed by atoms with Gasteiger partial charge in [-0.3, -0.25) is 67.1 Å². The Morgan fingerprint density at radius 2 is 0.917 bits per heavy atom. The highest BCUT2D eigenvalue weighted by atomic mass is 79.9. The number of alkyl halides is 7. The normalized spacial score (nSPS) is 43.9.